The van der Waals surface area contributed by atoms with E-state index in [9.17, 15) is 19.2 Å². The molecule has 0 saturated carbocycles. The zero-order valence-corrected chi connectivity index (χ0v) is 15.9. The number of urea groups is 1. The fraction of sp³-hybridized carbons (Fsp3) is 0.474. The molecule has 1 aliphatic heterocycles. The van der Waals surface area contributed by atoms with Crippen LogP contribution in [0.5, 0.6) is 0 Å². The summed E-state index contributed by atoms with van der Waals surface area (Å²) in [6.45, 7) is 3.02. The van der Waals surface area contributed by atoms with E-state index in [1.165, 1.54) is 4.90 Å². The molecular weight excluding hydrogens is 350 g/mol. The summed E-state index contributed by atoms with van der Waals surface area (Å²) in [5.74, 6) is -1.62. The number of ether oxygens (including phenoxy) is 1. The number of benzene rings is 1. The second-order valence-electron chi connectivity index (χ2n) is 6.51. The first-order valence-corrected chi connectivity index (χ1v) is 8.90. The number of carbonyl (C=O) groups is 4. The van der Waals surface area contributed by atoms with Crippen molar-refractivity contribution >= 4 is 23.8 Å². The summed E-state index contributed by atoms with van der Waals surface area (Å²) < 4.78 is 4.95. The Hall–Kier alpha value is -2.90. The molecule has 8 nitrogen and oxygen atoms in total. The summed E-state index contributed by atoms with van der Waals surface area (Å²) in [6.07, 6.45) is 0.866. The number of hydrogen-bond donors (Lipinski definition) is 1. The summed E-state index contributed by atoms with van der Waals surface area (Å²) in [4.78, 5) is 50.8. The molecule has 0 radical (unpaired) electrons. The molecule has 1 aliphatic rings. The van der Waals surface area contributed by atoms with Gasteiger partial charge in [0.1, 0.15) is 12.1 Å². The summed E-state index contributed by atoms with van der Waals surface area (Å²) in [5, 5.41) is 2.64. The predicted octanol–water partition coefficient (Wildman–Crippen LogP) is 1.30. The van der Waals surface area contributed by atoms with Crippen LogP contribution in [0.15, 0.2) is 30.3 Å². The van der Waals surface area contributed by atoms with Gasteiger partial charge in [-0.3, -0.25) is 19.3 Å². The van der Waals surface area contributed by atoms with Gasteiger partial charge in [-0.15, -0.1) is 0 Å². The molecule has 0 aromatic heterocycles. The van der Waals surface area contributed by atoms with Gasteiger partial charge in [0.15, 0.2) is 6.61 Å². The number of esters is 1. The second kappa shape index (κ2) is 8.66. The lowest BCUT2D eigenvalue weighted by Gasteiger charge is -2.23. The number of nitrogens with zero attached hydrogens (tertiary/aromatic N) is 2. The summed E-state index contributed by atoms with van der Waals surface area (Å²) in [6, 6.07) is 8.79. The third-order valence-electron chi connectivity index (χ3n) is 4.79. The van der Waals surface area contributed by atoms with Crippen molar-refractivity contribution in [2.24, 2.45) is 0 Å². The van der Waals surface area contributed by atoms with Crippen LogP contribution in [0.3, 0.4) is 0 Å². The average Bonchev–Trinajstić information content (AvgIpc) is 2.91. The van der Waals surface area contributed by atoms with Gasteiger partial charge in [0.2, 0.25) is 0 Å². The van der Waals surface area contributed by atoms with Crippen LogP contribution in [-0.2, 0) is 25.7 Å². The molecule has 8 heteroatoms. The minimum atomic E-state index is -0.969. The third kappa shape index (κ3) is 4.64. The summed E-state index contributed by atoms with van der Waals surface area (Å²) in [7, 11) is 1.61. The van der Waals surface area contributed by atoms with Crippen molar-refractivity contribution in [3.8, 4) is 0 Å². The smallest absolute Gasteiger partial charge is 0.326 e. The van der Waals surface area contributed by atoms with E-state index in [1.807, 2.05) is 30.3 Å². The number of imide groups is 1. The first kappa shape index (κ1) is 20.4. The van der Waals surface area contributed by atoms with Gasteiger partial charge in [-0.2, -0.15) is 0 Å². The topological polar surface area (TPSA) is 96.0 Å². The molecule has 0 aliphatic carbocycles. The normalized spacial score (nSPS) is 15.4. The Morgan fingerprint density at radius 1 is 1.15 bits per heavy atom. The van der Waals surface area contributed by atoms with E-state index in [-0.39, 0.29) is 5.91 Å². The van der Waals surface area contributed by atoms with Crippen molar-refractivity contribution in [3.05, 3.63) is 35.9 Å². The van der Waals surface area contributed by atoms with Gasteiger partial charge >= 0.3 is 12.0 Å². The maximum absolute atomic E-state index is 12.4. The highest BCUT2D eigenvalue weighted by atomic mass is 16.5. The van der Waals surface area contributed by atoms with E-state index in [0.29, 0.717) is 19.4 Å². The third-order valence-corrected chi connectivity index (χ3v) is 4.79. The Morgan fingerprint density at radius 2 is 1.78 bits per heavy atom. The zero-order valence-electron chi connectivity index (χ0n) is 15.9. The number of nitrogens with one attached hydrogen (secondary N) is 1. The minimum Gasteiger partial charge on any atom is -0.454 e. The number of carbonyl (C=O) groups excluding carboxylic acids is 4. The van der Waals surface area contributed by atoms with Gasteiger partial charge in [-0.25, -0.2) is 4.79 Å². The SMILES string of the molecule is CCC1(CC)NC(=O)N(CC(=O)OCC(=O)N(C)Cc2ccccc2)C1=O. The van der Waals surface area contributed by atoms with Crippen molar-refractivity contribution in [1.29, 1.82) is 0 Å². The molecule has 1 aromatic carbocycles. The van der Waals surface area contributed by atoms with E-state index in [0.717, 1.165) is 10.5 Å². The van der Waals surface area contributed by atoms with Crippen LogP contribution >= 0.6 is 0 Å². The zero-order chi connectivity index (χ0) is 20.0. The maximum Gasteiger partial charge on any atom is 0.326 e. The highest BCUT2D eigenvalue weighted by molar-refractivity contribution is 6.08. The van der Waals surface area contributed by atoms with Crippen LogP contribution in [0.2, 0.25) is 0 Å². The lowest BCUT2D eigenvalue weighted by Crippen LogP contribution is -2.46. The Bertz CT molecular complexity index is 715. The molecule has 1 heterocycles. The lowest BCUT2D eigenvalue weighted by atomic mass is 9.93. The van der Waals surface area contributed by atoms with E-state index in [4.69, 9.17) is 4.74 Å². The van der Waals surface area contributed by atoms with Crippen molar-refractivity contribution < 1.29 is 23.9 Å². The molecule has 1 fully saturated rings. The molecule has 2 rings (SSSR count). The lowest BCUT2D eigenvalue weighted by molar-refractivity contribution is -0.153. The number of likely N-dealkylation sites (N-methyl/N-ethyl adjacent to an activating group) is 1. The monoisotopic (exact) mass is 375 g/mol. The van der Waals surface area contributed by atoms with Crippen molar-refractivity contribution in [2.45, 2.75) is 38.8 Å². The molecule has 4 amide bonds. The van der Waals surface area contributed by atoms with Crippen molar-refractivity contribution in [2.75, 3.05) is 20.2 Å². The molecule has 0 unspecified atom stereocenters. The molecule has 1 saturated heterocycles. The first-order chi connectivity index (χ1) is 12.8. The van der Waals surface area contributed by atoms with Gasteiger partial charge in [0.05, 0.1) is 0 Å². The minimum absolute atomic E-state index is 0.374. The molecule has 0 atom stereocenters. The van der Waals surface area contributed by atoms with Gasteiger partial charge < -0.3 is 15.0 Å². The Labute approximate surface area is 158 Å². The highest BCUT2D eigenvalue weighted by Gasteiger charge is 2.49. The molecule has 27 heavy (non-hydrogen) atoms. The van der Waals surface area contributed by atoms with Gasteiger partial charge in [0.25, 0.3) is 11.8 Å². The Balaban J connectivity index is 1.84. The Morgan fingerprint density at radius 3 is 2.33 bits per heavy atom. The van der Waals surface area contributed by atoms with Crippen molar-refractivity contribution in [3.63, 3.8) is 0 Å². The number of rotatable bonds is 8. The van der Waals surface area contributed by atoms with Gasteiger partial charge in [-0.05, 0) is 18.4 Å². The highest BCUT2D eigenvalue weighted by Crippen LogP contribution is 2.24. The number of amides is 4. The molecule has 1 aromatic rings. The fourth-order valence-electron chi connectivity index (χ4n) is 2.92. The fourth-order valence-corrected chi connectivity index (χ4v) is 2.92. The quantitative estimate of drug-likeness (QED) is 0.546. The summed E-state index contributed by atoms with van der Waals surface area (Å²) in [5.41, 5.74) is -0.0159. The van der Waals surface area contributed by atoms with E-state index < -0.39 is 36.6 Å². The van der Waals surface area contributed by atoms with Crippen LogP contribution in [0, 0.1) is 0 Å². The van der Waals surface area contributed by atoms with E-state index in [2.05, 4.69) is 5.32 Å². The summed E-state index contributed by atoms with van der Waals surface area (Å²) >= 11 is 0. The molecule has 0 spiro atoms. The second-order valence-corrected chi connectivity index (χ2v) is 6.51. The molecular formula is C19H25N3O5. The first-order valence-electron chi connectivity index (χ1n) is 8.90. The van der Waals surface area contributed by atoms with Crippen LogP contribution in [0.25, 0.3) is 0 Å². The average molecular weight is 375 g/mol. The van der Waals surface area contributed by atoms with Crippen molar-refractivity contribution in [1.82, 2.24) is 15.1 Å². The van der Waals surface area contributed by atoms with Crippen LogP contribution in [0.4, 0.5) is 4.79 Å². The Kier molecular flexibility index (Phi) is 6.55. The van der Waals surface area contributed by atoms with Crippen LogP contribution in [-0.4, -0.2) is 59.4 Å². The number of hydrogen-bond acceptors (Lipinski definition) is 5. The van der Waals surface area contributed by atoms with E-state index in [1.54, 1.807) is 20.9 Å². The van der Waals surface area contributed by atoms with Gasteiger partial charge in [0, 0.05) is 13.6 Å². The maximum atomic E-state index is 12.4. The van der Waals surface area contributed by atoms with Crippen LogP contribution < -0.4 is 5.32 Å². The van der Waals surface area contributed by atoms with E-state index >= 15 is 0 Å². The van der Waals surface area contributed by atoms with Crippen LogP contribution in [0.1, 0.15) is 32.3 Å². The molecule has 1 N–H and O–H groups in total. The predicted molar refractivity (Wildman–Crippen MR) is 97.4 cm³/mol. The van der Waals surface area contributed by atoms with Gasteiger partial charge in [-0.1, -0.05) is 44.2 Å². The standard InChI is InChI=1S/C19H25N3O5/c1-4-19(5-2)17(25)22(18(26)20-19)12-16(24)27-13-15(23)21(3)11-14-9-7-6-8-10-14/h6-10H,4-5,11-13H2,1-3H3,(H,20,26). The molecule has 0 bridgehead atoms. The molecule has 146 valence electrons. The largest absolute Gasteiger partial charge is 0.454 e.